The van der Waals surface area contributed by atoms with Crippen molar-refractivity contribution in [2.45, 2.75) is 27.4 Å². The van der Waals surface area contributed by atoms with E-state index in [0.29, 0.717) is 12.4 Å². The van der Waals surface area contributed by atoms with Crippen LogP contribution >= 0.6 is 0 Å². The first kappa shape index (κ1) is 15.3. The lowest BCUT2D eigenvalue weighted by Gasteiger charge is -2.11. The Morgan fingerprint density at radius 3 is 2.48 bits per heavy atom. The van der Waals surface area contributed by atoms with Crippen LogP contribution in [0.25, 0.3) is 0 Å². The lowest BCUT2D eigenvalue weighted by atomic mass is 10.1. The number of nitrogens with zero attached hydrogens (tertiary/aromatic N) is 2. The van der Waals surface area contributed by atoms with Gasteiger partial charge in [-0.15, -0.1) is 0 Å². The van der Waals surface area contributed by atoms with Gasteiger partial charge in [0.15, 0.2) is 5.82 Å². The molecule has 0 unspecified atom stereocenters. The first-order chi connectivity index (χ1) is 10.1. The van der Waals surface area contributed by atoms with E-state index in [4.69, 9.17) is 4.74 Å². The van der Waals surface area contributed by atoms with Gasteiger partial charge in [0.25, 0.3) is 0 Å². The molecule has 5 nitrogen and oxygen atoms in total. The molecule has 0 radical (unpaired) electrons. The average Bonchev–Trinajstić information content (AvgIpc) is 2.43. The first-order valence-corrected chi connectivity index (χ1v) is 7.07. The quantitative estimate of drug-likeness (QED) is 0.852. The highest BCUT2D eigenvalue weighted by Crippen LogP contribution is 2.20. The summed E-state index contributed by atoms with van der Waals surface area (Å²) in [5, 5.41) is 6.53. The summed E-state index contributed by atoms with van der Waals surface area (Å²) in [5.41, 5.74) is 3.54. The Labute approximate surface area is 125 Å². The highest BCUT2D eigenvalue weighted by atomic mass is 16.5. The van der Waals surface area contributed by atoms with E-state index in [-0.39, 0.29) is 0 Å². The summed E-state index contributed by atoms with van der Waals surface area (Å²) in [7, 11) is 1.64. The largest absolute Gasteiger partial charge is 0.377 e. The van der Waals surface area contributed by atoms with Crippen molar-refractivity contribution in [1.82, 2.24) is 9.97 Å². The van der Waals surface area contributed by atoms with Gasteiger partial charge in [0.1, 0.15) is 18.2 Å². The van der Waals surface area contributed by atoms with Gasteiger partial charge in [0.2, 0.25) is 0 Å². The topological polar surface area (TPSA) is 59.1 Å². The van der Waals surface area contributed by atoms with Crippen molar-refractivity contribution in [3.05, 3.63) is 41.2 Å². The fraction of sp³-hybridized carbons (Fsp3) is 0.375. The minimum Gasteiger partial charge on any atom is -0.377 e. The molecule has 5 heteroatoms. The molecule has 1 aromatic heterocycles. The Kier molecular flexibility index (Phi) is 5.11. The van der Waals surface area contributed by atoms with Crippen LogP contribution in [0.15, 0.2) is 24.3 Å². The highest BCUT2D eigenvalue weighted by Gasteiger charge is 2.05. The van der Waals surface area contributed by atoms with E-state index >= 15 is 0 Å². The number of methoxy groups -OCH3 is 1. The number of rotatable bonds is 6. The molecule has 0 atom stereocenters. The minimum absolute atomic E-state index is 0.390. The zero-order valence-electron chi connectivity index (χ0n) is 13.0. The second-order valence-corrected chi connectivity index (χ2v) is 4.94. The fourth-order valence-electron chi connectivity index (χ4n) is 1.99. The predicted octanol–water partition coefficient (Wildman–Crippen LogP) is 3.42. The van der Waals surface area contributed by atoms with E-state index < -0.39 is 0 Å². The third-order valence-electron chi connectivity index (χ3n) is 3.18. The highest BCUT2D eigenvalue weighted by molar-refractivity contribution is 5.60. The van der Waals surface area contributed by atoms with E-state index in [1.807, 2.05) is 19.1 Å². The van der Waals surface area contributed by atoms with Crippen LogP contribution in [-0.2, 0) is 11.3 Å². The maximum absolute atomic E-state index is 5.12. The van der Waals surface area contributed by atoms with Gasteiger partial charge in [-0.3, -0.25) is 0 Å². The average molecular weight is 286 g/mol. The van der Waals surface area contributed by atoms with Crippen LogP contribution in [0.1, 0.15) is 23.9 Å². The molecule has 2 N–H and O–H groups in total. The van der Waals surface area contributed by atoms with Gasteiger partial charge in [-0.1, -0.05) is 6.07 Å². The summed E-state index contributed by atoms with van der Waals surface area (Å²) in [4.78, 5) is 8.86. The third-order valence-corrected chi connectivity index (χ3v) is 3.18. The van der Waals surface area contributed by atoms with Crippen molar-refractivity contribution in [3.63, 3.8) is 0 Å². The zero-order valence-corrected chi connectivity index (χ0v) is 13.0. The van der Waals surface area contributed by atoms with Crippen molar-refractivity contribution >= 4 is 17.3 Å². The monoisotopic (exact) mass is 286 g/mol. The lowest BCUT2D eigenvalue weighted by Crippen LogP contribution is -2.06. The second-order valence-electron chi connectivity index (χ2n) is 4.94. The number of hydrogen-bond acceptors (Lipinski definition) is 5. The summed E-state index contributed by atoms with van der Waals surface area (Å²) < 4.78 is 5.12. The molecule has 112 valence electrons. The van der Waals surface area contributed by atoms with Crippen molar-refractivity contribution in [1.29, 1.82) is 0 Å². The summed E-state index contributed by atoms with van der Waals surface area (Å²) in [6.45, 7) is 7.44. The van der Waals surface area contributed by atoms with E-state index in [2.05, 4.69) is 46.6 Å². The molecular formula is C16H22N4O. The Morgan fingerprint density at radius 2 is 1.81 bits per heavy atom. The van der Waals surface area contributed by atoms with Crippen molar-refractivity contribution in [2.75, 3.05) is 24.3 Å². The van der Waals surface area contributed by atoms with Crippen molar-refractivity contribution < 1.29 is 4.74 Å². The molecule has 1 aromatic carbocycles. The smallest absolute Gasteiger partial charge is 0.158 e. The molecule has 0 saturated carbocycles. The first-order valence-electron chi connectivity index (χ1n) is 7.07. The number of nitrogens with one attached hydrogen (secondary N) is 2. The van der Waals surface area contributed by atoms with Gasteiger partial charge in [0, 0.05) is 25.4 Å². The number of aromatic nitrogens is 2. The predicted molar refractivity (Wildman–Crippen MR) is 86.1 cm³/mol. The summed E-state index contributed by atoms with van der Waals surface area (Å²) in [6.07, 6.45) is 0. The molecule has 21 heavy (non-hydrogen) atoms. The molecule has 1 heterocycles. The summed E-state index contributed by atoms with van der Waals surface area (Å²) >= 11 is 0. The molecule has 0 aliphatic carbocycles. The molecule has 2 rings (SSSR count). The molecule has 0 saturated heterocycles. The van der Waals surface area contributed by atoms with Crippen molar-refractivity contribution in [3.8, 4) is 0 Å². The third kappa shape index (κ3) is 4.16. The number of anilines is 3. The maximum atomic E-state index is 5.12. The Morgan fingerprint density at radius 1 is 1.05 bits per heavy atom. The zero-order chi connectivity index (χ0) is 15.2. The van der Waals surface area contributed by atoms with Gasteiger partial charge in [0.05, 0.1) is 0 Å². The van der Waals surface area contributed by atoms with Gasteiger partial charge in [-0.05, 0) is 44.0 Å². The van der Waals surface area contributed by atoms with Crippen LogP contribution in [-0.4, -0.2) is 23.6 Å². The molecule has 0 aliphatic rings. The number of ether oxygens (including phenoxy) is 1. The van der Waals surface area contributed by atoms with Crippen LogP contribution in [0, 0.1) is 13.8 Å². The Balaban J connectivity index is 2.26. The normalized spacial score (nSPS) is 10.5. The summed E-state index contributed by atoms with van der Waals surface area (Å²) in [5.74, 6) is 2.21. The number of benzene rings is 1. The number of aryl methyl sites for hydroxylation is 2. The molecule has 0 bridgehead atoms. The lowest BCUT2D eigenvalue weighted by molar-refractivity contribution is 0.178. The van der Waals surface area contributed by atoms with Crippen LogP contribution in [0.4, 0.5) is 17.3 Å². The van der Waals surface area contributed by atoms with Gasteiger partial charge in [-0.25, -0.2) is 9.97 Å². The van der Waals surface area contributed by atoms with E-state index in [1.54, 1.807) is 7.11 Å². The van der Waals surface area contributed by atoms with Crippen LogP contribution in [0.5, 0.6) is 0 Å². The number of hydrogen-bond donors (Lipinski definition) is 2. The SMILES string of the molecule is CCNc1cc(Nc2ccc(C)c(C)c2)nc(COC)n1. The van der Waals surface area contributed by atoms with E-state index in [0.717, 1.165) is 23.9 Å². The fourth-order valence-corrected chi connectivity index (χ4v) is 1.99. The molecule has 0 amide bonds. The Bertz CT molecular complexity index is 589. The van der Waals surface area contributed by atoms with Crippen LogP contribution in [0.2, 0.25) is 0 Å². The van der Waals surface area contributed by atoms with E-state index in [1.165, 1.54) is 11.1 Å². The van der Waals surface area contributed by atoms with Gasteiger partial charge in [-0.2, -0.15) is 0 Å². The van der Waals surface area contributed by atoms with Crippen LogP contribution in [0.3, 0.4) is 0 Å². The minimum atomic E-state index is 0.390. The molecule has 2 aromatic rings. The van der Waals surface area contributed by atoms with Crippen molar-refractivity contribution in [2.24, 2.45) is 0 Å². The molecule has 0 fully saturated rings. The summed E-state index contributed by atoms with van der Waals surface area (Å²) in [6, 6.07) is 8.16. The van der Waals surface area contributed by atoms with Gasteiger partial charge < -0.3 is 15.4 Å². The maximum Gasteiger partial charge on any atom is 0.158 e. The van der Waals surface area contributed by atoms with Crippen LogP contribution < -0.4 is 10.6 Å². The molecule has 0 aliphatic heterocycles. The second kappa shape index (κ2) is 7.04. The van der Waals surface area contributed by atoms with E-state index in [9.17, 15) is 0 Å². The Hall–Kier alpha value is -2.14. The van der Waals surface area contributed by atoms with Gasteiger partial charge >= 0.3 is 0 Å². The molecule has 0 spiro atoms. The standard InChI is InChI=1S/C16H22N4O/c1-5-17-14-9-15(20-16(19-14)10-21-4)18-13-7-6-11(2)12(3)8-13/h6-9H,5,10H2,1-4H3,(H2,17,18,19,20). The molecular weight excluding hydrogens is 264 g/mol.